The molecule has 35 heavy (non-hydrogen) atoms. The van der Waals surface area contributed by atoms with Crippen LogP contribution in [0.5, 0.6) is 0 Å². The van der Waals surface area contributed by atoms with E-state index in [1.807, 2.05) is 4.90 Å². The summed E-state index contributed by atoms with van der Waals surface area (Å²) in [7, 11) is -2.58. The Morgan fingerprint density at radius 2 is 1.71 bits per heavy atom. The largest absolute Gasteiger partial charge is 0.324 e. The van der Waals surface area contributed by atoms with E-state index in [9.17, 15) is 22.3 Å². The minimum Gasteiger partial charge on any atom is -0.324 e. The van der Waals surface area contributed by atoms with Gasteiger partial charge in [0.25, 0.3) is 0 Å². The first-order chi connectivity index (χ1) is 16.7. The van der Waals surface area contributed by atoms with Gasteiger partial charge in [-0.3, -0.25) is 14.0 Å². The monoisotopic (exact) mass is 503 g/mol. The standard InChI is InChI=1S/C24H24F3N5O2S/c1-15-10-17(2-3-20(15)25)29-24-28-13-16-4-5-32(23(16)30-24)18-11-21(26)19(22(27)12-18)14-31-6-8-35(33,34)9-7-31/h2-5,10-13,33-34H,6-9,14H2,1H3,(H,28,29,30). The molecule has 3 N–H and O–H groups in total. The average molecular weight is 504 g/mol. The lowest BCUT2D eigenvalue weighted by molar-refractivity contribution is 0.270. The van der Waals surface area contributed by atoms with Crippen LogP contribution in [0.1, 0.15) is 11.1 Å². The van der Waals surface area contributed by atoms with Gasteiger partial charge in [-0.05, 0) is 48.9 Å². The molecule has 1 aliphatic heterocycles. The average Bonchev–Trinajstić information content (AvgIpc) is 3.23. The Morgan fingerprint density at radius 1 is 1.00 bits per heavy atom. The molecular weight excluding hydrogens is 479 g/mol. The summed E-state index contributed by atoms with van der Waals surface area (Å²) in [6.07, 6.45) is 3.26. The number of anilines is 2. The highest BCUT2D eigenvalue weighted by Gasteiger charge is 2.24. The lowest BCUT2D eigenvalue weighted by atomic mass is 10.1. The lowest BCUT2D eigenvalue weighted by Gasteiger charge is -2.41. The summed E-state index contributed by atoms with van der Waals surface area (Å²) in [5.74, 6) is -1.02. The van der Waals surface area contributed by atoms with Crippen molar-refractivity contribution in [1.29, 1.82) is 0 Å². The van der Waals surface area contributed by atoms with E-state index in [4.69, 9.17) is 0 Å². The highest BCUT2D eigenvalue weighted by atomic mass is 32.3. The Hall–Kier alpha value is -3.12. The second-order valence-electron chi connectivity index (χ2n) is 8.62. The van der Waals surface area contributed by atoms with Crippen molar-refractivity contribution < 1.29 is 22.3 Å². The first-order valence-corrected chi connectivity index (χ1v) is 12.9. The fraction of sp³-hybridized carbons (Fsp3) is 0.250. The molecule has 0 bridgehead atoms. The number of hydrogen-bond acceptors (Lipinski definition) is 6. The van der Waals surface area contributed by atoms with Crippen LogP contribution in [0, 0.1) is 24.4 Å². The number of aromatic nitrogens is 3. The zero-order valence-electron chi connectivity index (χ0n) is 18.9. The van der Waals surface area contributed by atoms with Crippen molar-refractivity contribution in [2.75, 3.05) is 29.9 Å². The van der Waals surface area contributed by atoms with Gasteiger partial charge in [-0.1, -0.05) is 0 Å². The molecule has 0 radical (unpaired) electrons. The van der Waals surface area contributed by atoms with Crippen molar-refractivity contribution in [3.63, 3.8) is 0 Å². The summed E-state index contributed by atoms with van der Waals surface area (Å²) in [5.41, 5.74) is 1.75. The van der Waals surface area contributed by atoms with Crippen molar-refractivity contribution in [3.05, 3.63) is 77.4 Å². The number of aryl methyl sites for hydroxylation is 1. The lowest BCUT2D eigenvalue weighted by Crippen LogP contribution is -2.38. The van der Waals surface area contributed by atoms with Gasteiger partial charge in [-0.15, -0.1) is 0 Å². The Morgan fingerprint density at radius 3 is 2.40 bits per heavy atom. The molecule has 2 aromatic heterocycles. The van der Waals surface area contributed by atoms with E-state index in [0.29, 0.717) is 35.4 Å². The Labute approximate surface area is 201 Å². The number of halogens is 3. The van der Waals surface area contributed by atoms with E-state index in [2.05, 4.69) is 15.3 Å². The molecular formula is C24H24F3N5O2S. The Kier molecular flexibility index (Phi) is 6.18. The summed E-state index contributed by atoms with van der Waals surface area (Å²) in [6, 6.07) is 8.82. The van der Waals surface area contributed by atoms with Crippen LogP contribution in [0.15, 0.2) is 48.8 Å². The van der Waals surface area contributed by atoms with E-state index in [1.165, 1.54) is 18.2 Å². The molecule has 0 aliphatic carbocycles. The van der Waals surface area contributed by atoms with Gasteiger partial charge >= 0.3 is 0 Å². The topological polar surface area (TPSA) is 86.4 Å². The predicted octanol–water partition coefficient (Wildman–Crippen LogP) is 5.46. The first-order valence-electron chi connectivity index (χ1n) is 11.0. The van der Waals surface area contributed by atoms with Gasteiger partial charge in [0.2, 0.25) is 5.95 Å². The molecule has 4 aromatic rings. The molecule has 1 fully saturated rings. The van der Waals surface area contributed by atoms with Gasteiger partial charge < -0.3 is 9.88 Å². The molecule has 3 heterocycles. The Bertz CT molecular complexity index is 1380. The van der Waals surface area contributed by atoms with E-state index >= 15 is 0 Å². The molecule has 0 atom stereocenters. The molecule has 0 saturated carbocycles. The van der Waals surface area contributed by atoms with Crippen LogP contribution < -0.4 is 5.32 Å². The van der Waals surface area contributed by atoms with Gasteiger partial charge in [0.05, 0.1) is 17.2 Å². The summed E-state index contributed by atoms with van der Waals surface area (Å²) < 4.78 is 64.6. The van der Waals surface area contributed by atoms with Gasteiger partial charge in [0.15, 0.2) is 0 Å². The van der Waals surface area contributed by atoms with E-state index in [1.54, 1.807) is 42.1 Å². The van der Waals surface area contributed by atoms with Crippen molar-refractivity contribution in [2.24, 2.45) is 0 Å². The maximum absolute atomic E-state index is 15.0. The number of fused-ring (bicyclic) bond motifs is 1. The SMILES string of the molecule is Cc1cc(Nc2ncc3ccn(-c4cc(F)c(CN5CCS(O)(O)CC5)c(F)c4)c3n2)ccc1F. The number of nitrogens with one attached hydrogen (secondary N) is 1. The van der Waals surface area contributed by atoms with Crippen LogP contribution in [0.2, 0.25) is 0 Å². The zero-order chi connectivity index (χ0) is 24.7. The summed E-state index contributed by atoms with van der Waals surface area (Å²) >= 11 is 0. The fourth-order valence-electron chi connectivity index (χ4n) is 4.06. The third-order valence-corrected chi connectivity index (χ3v) is 7.77. The van der Waals surface area contributed by atoms with Gasteiger partial charge in [-0.25, -0.2) is 18.2 Å². The van der Waals surface area contributed by atoms with Crippen LogP contribution in [-0.2, 0) is 6.54 Å². The molecule has 7 nitrogen and oxygen atoms in total. The zero-order valence-corrected chi connectivity index (χ0v) is 19.7. The Balaban J connectivity index is 1.41. The quantitative estimate of drug-likeness (QED) is 0.336. The maximum atomic E-state index is 15.0. The molecule has 11 heteroatoms. The maximum Gasteiger partial charge on any atom is 0.229 e. The van der Waals surface area contributed by atoms with E-state index in [-0.39, 0.29) is 41.1 Å². The molecule has 5 rings (SSSR count). The number of hydrogen-bond donors (Lipinski definition) is 3. The van der Waals surface area contributed by atoms with E-state index in [0.717, 1.165) is 0 Å². The summed E-state index contributed by atoms with van der Waals surface area (Å²) in [4.78, 5) is 10.6. The molecule has 0 spiro atoms. The third-order valence-electron chi connectivity index (χ3n) is 6.10. The van der Waals surface area contributed by atoms with E-state index < -0.39 is 22.2 Å². The van der Waals surface area contributed by atoms with Gasteiger partial charge in [0.1, 0.15) is 23.1 Å². The minimum atomic E-state index is -2.58. The number of benzene rings is 2. The molecule has 2 aromatic carbocycles. The van der Waals surface area contributed by atoms with Crippen LogP contribution in [0.4, 0.5) is 24.8 Å². The molecule has 0 amide bonds. The second kappa shape index (κ2) is 9.15. The number of nitrogens with zero attached hydrogens (tertiary/aromatic N) is 4. The molecule has 1 saturated heterocycles. The second-order valence-corrected chi connectivity index (χ2v) is 11.0. The van der Waals surface area contributed by atoms with Crippen LogP contribution in [-0.4, -0.2) is 53.1 Å². The smallest absolute Gasteiger partial charge is 0.229 e. The highest BCUT2D eigenvalue weighted by Crippen LogP contribution is 2.40. The molecule has 184 valence electrons. The first kappa shape index (κ1) is 23.6. The van der Waals surface area contributed by atoms with Gasteiger partial charge in [0, 0.05) is 48.7 Å². The van der Waals surface area contributed by atoms with Crippen LogP contribution >= 0.6 is 10.6 Å². The molecule has 1 aliphatic rings. The fourth-order valence-corrected chi connectivity index (χ4v) is 5.37. The minimum absolute atomic E-state index is 0.0488. The third kappa shape index (κ3) is 4.98. The van der Waals surface area contributed by atoms with Crippen molar-refractivity contribution in [1.82, 2.24) is 19.4 Å². The highest BCUT2D eigenvalue weighted by molar-refractivity contribution is 8.24. The van der Waals surface area contributed by atoms with Crippen molar-refractivity contribution in [2.45, 2.75) is 13.5 Å². The van der Waals surface area contributed by atoms with Gasteiger partial charge in [-0.2, -0.15) is 15.6 Å². The summed E-state index contributed by atoms with van der Waals surface area (Å²) in [5, 5.41) is 3.71. The normalized spacial score (nSPS) is 17.0. The summed E-state index contributed by atoms with van der Waals surface area (Å²) in [6.45, 7) is 2.44. The van der Waals surface area contributed by atoms with Crippen LogP contribution in [0.25, 0.3) is 16.7 Å². The predicted molar refractivity (Wildman–Crippen MR) is 131 cm³/mol. The number of rotatable bonds is 5. The van der Waals surface area contributed by atoms with Crippen molar-refractivity contribution >= 4 is 33.3 Å². The molecule has 0 unspecified atom stereocenters. The van der Waals surface area contributed by atoms with Crippen LogP contribution in [0.3, 0.4) is 0 Å². The van der Waals surface area contributed by atoms with Crippen molar-refractivity contribution in [3.8, 4) is 5.69 Å².